The fraction of sp³-hybridized carbons (Fsp3) is 0.500. The second kappa shape index (κ2) is 23.5. The van der Waals surface area contributed by atoms with Gasteiger partial charge in [-0.25, -0.2) is 4.79 Å². The van der Waals surface area contributed by atoms with Crippen LogP contribution in [-0.2, 0) is 46.3 Å². The first kappa shape index (κ1) is 46.7. The van der Waals surface area contributed by atoms with Crippen LogP contribution >= 0.6 is 0 Å². The first-order valence-corrected chi connectivity index (χ1v) is 20.1. The van der Waals surface area contributed by atoms with Crippen LogP contribution in [0.3, 0.4) is 0 Å². The molecule has 0 aliphatic carbocycles. The molecule has 0 unspecified atom stereocenters. The second-order valence-electron chi connectivity index (χ2n) is 15.4. The summed E-state index contributed by atoms with van der Waals surface area (Å²) in [5.74, 6) is -4.15. The quantitative estimate of drug-likeness (QED) is 0.0732. The van der Waals surface area contributed by atoms with Gasteiger partial charge in [0.05, 0.1) is 6.04 Å². The Bertz CT molecular complexity index is 1740. The summed E-state index contributed by atoms with van der Waals surface area (Å²) in [6.45, 7) is 8.74. The van der Waals surface area contributed by atoms with Crippen molar-refractivity contribution >= 4 is 35.5 Å². The van der Waals surface area contributed by atoms with Crippen LogP contribution in [0.1, 0.15) is 84.3 Å². The highest BCUT2D eigenvalue weighted by Gasteiger charge is 2.36. The fourth-order valence-electron chi connectivity index (χ4n) is 6.33. The molecule has 2 aromatic carbocycles. The molecule has 0 spiro atoms. The molecule has 5 atom stereocenters. The van der Waals surface area contributed by atoms with Crippen LogP contribution in [0.4, 0.5) is 0 Å². The van der Waals surface area contributed by atoms with E-state index >= 15 is 0 Å². The molecule has 6 N–H and O–H groups in total. The number of ether oxygens (including phenoxy) is 1. The van der Waals surface area contributed by atoms with Crippen molar-refractivity contribution in [3.63, 3.8) is 0 Å². The minimum atomic E-state index is -1.11. The van der Waals surface area contributed by atoms with E-state index in [-0.39, 0.29) is 42.6 Å². The number of benzene rings is 2. The molecule has 1 aliphatic rings. The number of likely N-dealkylation sites (N-methyl/N-ethyl adjacent to an activating group) is 1. The molecule has 316 valence electrons. The number of amides is 5. The molecule has 58 heavy (non-hydrogen) atoms. The number of rotatable bonds is 18. The lowest BCUT2D eigenvalue weighted by Crippen LogP contribution is -2.57. The van der Waals surface area contributed by atoms with Gasteiger partial charge in [-0.2, -0.15) is 0 Å². The third-order valence-electron chi connectivity index (χ3n) is 9.86. The average Bonchev–Trinajstić information content (AvgIpc) is 3.18. The summed E-state index contributed by atoms with van der Waals surface area (Å²) in [5.41, 5.74) is 1.32. The minimum absolute atomic E-state index is 0.0344. The third kappa shape index (κ3) is 15.4. The number of carbonyl (C=O) groups excluding carboxylic acids is 6. The van der Waals surface area contributed by atoms with Crippen molar-refractivity contribution in [3.8, 4) is 11.5 Å². The molecule has 1 heterocycles. The van der Waals surface area contributed by atoms with Crippen LogP contribution in [0.15, 0.2) is 72.8 Å². The van der Waals surface area contributed by atoms with E-state index in [1.54, 1.807) is 58.0 Å². The van der Waals surface area contributed by atoms with E-state index in [1.165, 1.54) is 42.3 Å². The molecule has 0 radical (unpaired) electrons. The lowest BCUT2D eigenvalue weighted by atomic mass is 9.99. The SMILES string of the molecule is CCCCCC/C=C\CC(=O)N[C@@H](Cc1ccc(O)cc1)C(=O)N[C@H](C(=O)N[C@@H]1/C=C/C(=O)N[C@@H](C(C)C)C(=O)N(C)[C@@H](Cc2ccc(O)cc2)C(=O)OC1)C(C)C. The van der Waals surface area contributed by atoms with Gasteiger partial charge in [-0.05, 0) is 60.1 Å². The Morgan fingerprint density at radius 3 is 2.12 bits per heavy atom. The number of phenols is 2. The first-order valence-electron chi connectivity index (χ1n) is 20.1. The van der Waals surface area contributed by atoms with Crippen LogP contribution in [-0.4, -0.2) is 94.5 Å². The monoisotopic (exact) mass is 803 g/mol. The van der Waals surface area contributed by atoms with Gasteiger partial charge < -0.3 is 41.1 Å². The van der Waals surface area contributed by atoms with E-state index in [0.717, 1.165) is 38.2 Å². The lowest BCUT2D eigenvalue weighted by Gasteiger charge is -2.32. The molecule has 1 aliphatic heterocycles. The number of nitrogens with zero attached hydrogens (tertiary/aromatic N) is 1. The Kier molecular flexibility index (Phi) is 19.0. The summed E-state index contributed by atoms with van der Waals surface area (Å²) in [5, 5.41) is 30.6. The summed E-state index contributed by atoms with van der Waals surface area (Å²) in [7, 11) is 1.46. The van der Waals surface area contributed by atoms with Gasteiger partial charge in [0.25, 0.3) is 0 Å². The molecule has 0 saturated carbocycles. The molecule has 14 heteroatoms. The maximum absolute atomic E-state index is 13.9. The molecular formula is C44H61N5O9. The predicted molar refractivity (Wildman–Crippen MR) is 220 cm³/mol. The number of unbranched alkanes of at least 4 members (excludes halogenated alkanes) is 4. The Morgan fingerprint density at radius 2 is 1.52 bits per heavy atom. The van der Waals surface area contributed by atoms with Crippen molar-refractivity contribution in [2.75, 3.05) is 13.7 Å². The number of hydrogen-bond donors (Lipinski definition) is 6. The van der Waals surface area contributed by atoms with Crippen molar-refractivity contribution < 1.29 is 43.7 Å². The molecule has 0 bridgehead atoms. The highest BCUT2D eigenvalue weighted by atomic mass is 16.5. The van der Waals surface area contributed by atoms with E-state index in [2.05, 4.69) is 28.2 Å². The van der Waals surface area contributed by atoms with E-state index in [9.17, 15) is 39.0 Å². The third-order valence-corrected chi connectivity index (χ3v) is 9.86. The van der Waals surface area contributed by atoms with E-state index in [1.807, 2.05) is 6.08 Å². The van der Waals surface area contributed by atoms with Crippen molar-refractivity contribution in [1.29, 1.82) is 0 Å². The van der Waals surface area contributed by atoms with Gasteiger partial charge in [0.15, 0.2) is 0 Å². The Balaban J connectivity index is 1.82. The van der Waals surface area contributed by atoms with Gasteiger partial charge >= 0.3 is 5.97 Å². The van der Waals surface area contributed by atoms with E-state index in [0.29, 0.717) is 11.1 Å². The minimum Gasteiger partial charge on any atom is -0.508 e. The number of aromatic hydroxyl groups is 2. The predicted octanol–water partition coefficient (Wildman–Crippen LogP) is 3.99. The van der Waals surface area contributed by atoms with E-state index < -0.39 is 72.3 Å². The lowest BCUT2D eigenvalue weighted by molar-refractivity contribution is -0.156. The number of phenolic OH excluding ortho intramolecular Hbond substituents is 2. The topological polar surface area (TPSA) is 203 Å². The van der Waals surface area contributed by atoms with Gasteiger partial charge in [0, 0.05) is 32.4 Å². The molecule has 3 rings (SSSR count). The number of allylic oxidation sites excluding steroid dienone is 1. The summed E-state index contributed by atoms with van der Waals surface area (Å²) >= 11 is 0. The Morgan fingerprint density at radius 1 is 0.879 bits per heavy atom. The zero-order valence-electron chi connectivity index (χ0n) is 34.5. The number of esters is 1. The van der Waals surface area contributed by atoms with Crippen molar-refractivity contribution in [2.45, 2.75) is 116 Å². The molecule has 2 aromatic rings. The number of cyclic esters (lactones) is 1. The highest BCUT2D eigenvalue weighted by molar-refractivity contribution is 5.95. The normalized spacial score (nSPS) is 19.4. The van der Waals surface area contributed by atoms with Gasteiger partial charge in [-0.3, -0.25) is 24.0 Å². The van der Waals surface area contributed by atoms with Crippen LogP contribution in [0.25, 0.3) is 0 Å². The Labute approximate surface area is 341 Å². The van der Waals surface area contributed by atoms with Crippen LogP contribution < -0.4 is 21.3 Å². The number of carbonyl (C=O) groups is 6. The van der Waals surface area contributed by atoms with Crippen LogP contribution in [0.5, 0.6) is 11.5 Å². The molecule has 0 aromatic heterocycles. The Hall–Kier alpha value is -5.66. The van der Waals surface area contributed by atoms with Gasteiger partial charge in [-0.1, -0.05) is 96.4 Å². The van der Waals surface area contributed by atoms with Crippen molar-refractivity contribution in [3.05, 3.63) is 84.0 Å². The highest BCUT2D eigenvalue weighted by Crippen LogP contribution is 2.18. The zero-order valence-corrected chi connectivity index (χ0v) is 34.5. The molecule has 14 nitrogen and oxygen atoms in total. The van der Waals surface area contributed by atoms with Gasteiger partial charge in [0.1, 0.15) is 42.3 Å². The first-order chi connectivity index (χ1) is 27.6. The number of hydrogen-bond acceptors (Lipinski definition) is 9. The maximum Gasteiger partial charge on any atom is 0.329 e. The molecule has 0 fully saturated rings. The molecule has 0 saturated heterocycles. The summed E-state index contributed by atoms with van der Waals surface area (Å²) < 4.78 is 5.69. The van der Waals surface area contributed by atoms with Crippen LogP contribution in [0, 0.1) is 11.8 Å². The largest absolute Gasteiger partial charge is 0.508 e. The van der Waals surface area contributed by atoms with E-state index in [4.69, 9.17) is 4.74 Å². The average molecular weight is 804 g/mol. The molecular weight excluding hydrogens is 743 g/mol. The standard InChI is InChI=1S/C44H61N5O9/c1-7-8-9-10-11-12-13-14-37(52)46-35(25-30-15-20-33(50)21-16-30)41(54)48-39(28(2)3)42(55)45-32-19-24-38(53)47-40(29(4)5)43(56)49(6)36(44(57)58-27-32)26-31-17-22-34(51)23-18-31/h12-13,15-24,28-29,32,35-36,39-40,50-51H,7-11,14,25-27H2,1-6H3,(H,45,55)(H,46,52)(H,47,53)(H,48,54)/b13-12-,24-19+/t32-,35+,36+,39+,40+/m1/s1. The summed E-state index contributed by atoms with van der Waals surface area (Å²) in [6, 6.07) is 7.15. The molecule has 5 amide bonds. The number of nitrogens with one attached hydrogen (secondary N) is 4. The maximum atomic E-state index is 13.9. The fourth-order valence-corrected chi connectivity index (χ4v) is 6.33. The summed E-state index contributed by atoms with van der Waals surface area (Å²) in [6.07, 6.45) is 11.7. The van der Waals surface area contributed by atoms with Gasteiger partial charge in [-0.15, -0.1) is 0 Å². The smallest absolute Gasteiger partial charge is 0.329 e. The van der Waals surface area contributed by atoms with Gasteiger partial charge in [0.2, 0.25) is 29.5 Å². The zero-order chi connectivity index (χ0) is 42.8. The van der Waals surface area contributed by atoms with Crippen molar-refractivity contribution in [1.82, 2.24) is 26.2 Å². The summed E-state index contributed by atoms with van der Waals surface area (Å²) in [4.78, 5) is 82.4. The second-order valence-corrected chi connectivity index (χ2v) is 15.4. The van der Waals surface area contributed by atoms with Crippen molar-refractivity contribution in [2.24, 2.45) is 11.8 Å². The van der Waals surface area contributed by atoms with Crippen LogP contribution in [0.2, 0.25) is 0 Å².